The molecule has 0 saturated carbocycles. The second kappa shape index (κ2) is 4.22. The molecule has 1 amide bonds. The molecule has 4 heteroatoms. The summed E-state index contributed by atoms with van der Waals surface area (Å²) in [7, 11) is 3.39. The number of amides is 1. The summed E-state index contributed by atoms with van der Waals surface area (Å²) in [6.07, 6.45) is 6.64. The van der Waals surface area contributed by atoms with Crippen LogP contribution < -0.4 is 0 Å². The number of halogens is 1. The van der Waals surface area contributed by atoms with E-state index in [-0.39, 0.29) is 11.3 Å². The van der Waals surface area contributed by atoms with Gasteiger partial charge < -0.3 is 9.64 Å². The molecular weight excluding hydrogens is 238 g/mol. The molecule has 1 aliphatic carbocycles. The van der Waals surface area contributed by atoms with E-state index in [0.717, 1.165) is 12.0 Å². The summed E-state index contributed by atoms with van der Waals surface area (Å²) in [5.74, 6) is 0.704. The van der Waals surface area contributed by atoms with Crippen LogP contribution >= 0.6 is 11.6 Å². The summed E-state index contributed by atoms with van der Waals surface area (Å²) in [6.45, 7) is 2.48. The Kier molecular flexibility index (Phi) is 3.04. The molecule has 1 atom stereocenters. The number of methoxy groups -OCH3 is 1. The van der Waals surface area contributed by atoms with Crippen molar-refractivity contribution in [2.45, 2.75) is 13.3 Å². The standard InChI is InChI=1S/C13H16ClNO2/c1-9(17-3)11-12(16)15(2)8-13(11)6-4-5-10(14)7-13/h4-5,7H,6,8H2,1-3H3/b11-9-/t13-/m0/s1. The van der Waals surface area contributed by atoms with Gasteiger partial charge in [-0.2, -0.15) is 0 Å². The van der Waals surface area contributed by atoms with Gasteiger partial charge in [-0.05, 0) is 19.4 Å². The zero-order valence-corrected chi connectivity index (χ0v) is 11.0. The van der Waals surface area contributed by atoms with Crippen molar-refractivity contribution in [2.24, 2.45) is 5.41 Å². The minimum Gasteiger partial charge on any atom is -0.501 e. The fourth-order valence-corrected chi connectivity index (χ4v) is 2.92. The molecule has 0 N–H and O–H groups in total. The molecule has 1 aliphatic heterocycles. The van der Waals surface area contributed by atoms with Crippen LogP contribution in [0.25, 0.3) is 0 Å². The lowest BCUT2D eigenvalue weighted by atomic mass is 9.76. The Hall–Kier alpha value is -1.22. The SMILES string of the molecule is CO/C(C)=C1/C(=O)N(C)C[C@]12C=C(Cl)C=CC2. The van der Waals surface area contributed by atoms with Crippen molar-refractivity contribution in [3.8, 4) is 0 Å². The monoisotopic (exact) mass is 253 g/mol. The molecule has 0 aromatic carbocycles. The minimum atomic E-state index is -0.322. The number of likely N-dealkylation sites (N-methyl/N-ethyl adjacent to an activating group) is 1. The lowest BCUT2D eigenvalue weighted by Gasteiger charge is -2.27. The Morgan fingerprint density at radius 3 is 2.88 bits per heavy atom. The fraction of sp³-hybridized carbons (Fsp3) is 0.462. The third-order valence-corrected chi connectivity index (χ3v) is 3.64. The molecule has 2 rings (SSSR count). The summed E-state index contributed by atoms with van der Waals surface area (Å²) in [5, 5.41) is 0.681. The molecule has 1 saturated heterocycles. The molecule has 92 valence electrons. The Labute approximate surface area is 106 Å². The summed E-state index contributed by atoms with van der Waals surface area (Å²) in [6, 6.07) is 0. The lowest BCUT2D eigenvalue weighted by Crippen LogP contribution is -2.25. The topological polar surface area (TPSA) is 29.5 Å². The van der Waals surface area contributed by atoms with Gasteiger partial charge in [-0.15, -0.1) is 0 Å². The van der Waals surface area contributed by atoms with Gasteiger partial charge in [0.15, 0.2) is 0 Å². The van der Waals surface area contributed by atoms with Crippen LogP contribution in [0.1, 0.15) is 13.3 Å². The van der Waals surface area contributed by atoms with Crippen molar-refractivity contribution in [3.05, 3.63) is 34.6 Å². The van der Waals surface area contributed by atoms with E-state index < -0.39 is 0 Å². The van der Waals surface area contributed by atoms with Crippen LogP contribution in [-0.2, 0) is 9.53 Å². The lowest BCUT2D eigenvalue weighted by molar-refractivity contribution is -0.123. The van der Waals surface area contributed by atoms with E-state index in [1.165, 1.54) is 0 Å². The number of nitrogens with zero attached hydrogens (tertiary/aromatic N) is 1. The Morgan fingerprint density at radius 1 is 1.59 bits per heavy atom. The predicted octanol–water partition coefficient (Wildman–Crippen LogP) is 2.45. The second-order valence-electron chi connectivity index (χ2n) is 4.59. The van der Waals surface area contributed by atoms with E-state index in [2.05, 4.69) is 0 Å². The van der Waals surface area contributed by atoms with Crippen molar-refractivity contribution in [2.75, 3.05) is 20.7 Å². The van der Waals surface area contributed by atoms with Gasteiger partial charge in [0.2, 0.25) is 0 Å². The Bertz CT molecular complexity index is 450. The highest BCUT2D eigenvalue weighted by molar-refractivity contribution is 6.31. The first-order valence-electron chi connectivity index (χ1n) is 5.56. The normalized spacial score (nSPS) is 30.9. The largest absolute Gasteiger partial charge is 0.501 e. The number of likely N-dealkylation sites (tertiary alicyclic amines) is 1. The molecule has 0 aromatic heterocycles. The summed E-state index contributed by atoms with van der Waals surface area (Å²) < 4.78 is 5.25. The number of carbonyl (C=O) groups excluding carboxylic acids is 1. The number of allylic oxidation sites excluding steroid dienone is 4. The number of hydrogen-bond acceptors (Lipinski definition) is 2. The van der Waals surface area contributed by atoms with Crippen LogP contribution in [0.3, 0.4) is 0 Å². The predicted molar refractivity (Wildman–Crippen MR) is 67.5 cm³/mol. The highest BCUT2D eigenvalue weighted by atomic mass is 35.5. The zero-order valence-electron chi connectivity index (χ0n) is 10.3. The Morgan fingerprint density at radius 2 is 2.29 bits per heavy atom. The quantitative estimate of drug-likeness (QED) is 0.531. The van der Waals surface area contributed by atoms with E-state index >= 15 is 0 Å². The molecule has 2 aliphatic rings. The third-order valence-electron chi connectivity index (χ3n) is 3.41. The first-order chi connectivity index (χ1) is 8.00. The van der Waals surface area contributed by atoms with Crippen LogP contribution in [0.2, 0.25) is 0 Å². The van der Waals surface area contributed by atoms with E-state index in [1.54, 1.807) is 19.1 Å². The molecule has 17 heavy (non-hydrogen) atoms. The number of ether oxygens (including phenoxy) is 1. The van der Waals surface area contributed by atoms with Gasteiger partial charge in [-0.1, -0.05) is 23.8 Å². The molecule has 3 nitrogen and oxygen atoms in total. The van der Waals surface area contributed by atoms with Crippen LogP contribution in [0.4, 0.5) is 0 Å². The highest BCUT2D eigenvalue weighted by Gasteiger charge is 2.47. The fourth-order valence-electron chi connectivity index (χ4n) is 2.62. The van der Waals surface area contributed by atoms with Crippen molar-refractivity contribution >= 4 is 17.5 Å². The van der Waals surface area contributed by atoms with Crippen LogP contribution in [0.5, 0.6) is 0 Å². The van der Waals surface area contributed by atoms with Crippen molar-refractivity contribution in [1.29, 1.82) is 0 Å². The minimum absolute atomic E-state index is 0.0281. The maximum Gasteiger partial charge on any atom is 0.253 e. The molecule has 1 fully saturated rings. The van der Waals surface area contributed by atoms with Gasteiger partial charge in [0.1, 0.15) is 5.76 Å². The second-order valence-corrected chi connectivity index (χ2v) is 5.02. The van der Waals surface area contributed by atoms with Crippen molar-refractivity contribution < 1.29 is 9.53 Å². The molecule has 0 aromatic rings. The van der Waals surface area contributed by atoms with Crippen LogP contribution in [0.15, 0.2) is 34.6 Å². The first kappa shape index (κ1) is 12.2. The van der Waals surface area contributed by atoms with Crippen molar-refractivity contribution in [3.63, 3.8) is 0 Å². The van der Waals surface area contributed by atoms with Crippen molar-refractivity contribution in [1.82, 2.24) is 4.90 Å². The van der Waals surface area contributed by atoms with E-state index in [4.69, 9.17) is 16.3 Å². The number of carbonyl (C=O) groups is 1. The van der Waals surface area contributed by atoms with Gasteiger partial charge in [0, 0.05) is 24.0 Å². The molecular formula is C13H16ClNO2. The highest BCUT2D eigenvalue weighted by Crippen LogP contribution is 2.45. The molecule has 1 spiro atoms. The van der Waals surface area contributed by atoms with E-state index in [0.29, 0.717) is 17.3 Å². The summed E-state index contributed by atoms with van der Waals surface area (Å²) in [5.41, 5.74) is 0.405. The van der Waals surface area contributed by atoms with Gasteiger partial charge in [-0.25, -0.2) is 0 Å². The summed E-state index contributed by atoms with van der Waals surface area (Å²) in [4.78, 5) is 13.9. The third kappa shape index (κ3) is 1.89. The zero-order chi connectivity index (χ0) is 12.6. The molecule has 0 bridgehead atoms. The van der Waals surface area contributed by atoms with Gasteiger partial charge >= 0.3 is 0 Å². The summed E-state index contributed by atoms with van der Waals surface area (Å²) >= 11 is 6.08. The van der Waals surface area contributed by atoms with Gasteiger partial charge in [-0.3, -0.25) is 4.79 Å². The van der Waals surface area contributed by atoms with Crippen LogP contribution in [0, 0.1) is 5.41 Å². The number of rotatable bonds is 1. The smallest absolute Gasteiger partial charge is 0.253 e. The molecule has 1 heterocycles. The number of hydrogen-bond donors (Lipinski definition) is 0. The van der Waals surface area contributed by atoms with Gasteiger partial charge in [0.25, 0.3) is 5.91 Å². The maximum atomic E-state index is 12.2. The van der Waals surface area contributed by atoms with E-state index in [1.807, 2.05) is 25.2 Å². The molecule has 0 radical (unpaired) electrons. The Balaban J connectivity index is 2.54. The van der Waals surface area contributed by atoms with E-state index in [9.17, 15) is 4.79 Å². The van der Waals surface area contributed by atoms with Crippen LogP contribution in [-0.4, -0.2) is 31.5 Å². The molecule has 0 unspecified atom stereocenters. The maximum absolute atomic E-state index is 12.2. The average molecular weight is 254 g/mol. The van der Waals surface area contributed by atoms with Gasteiger partial charge in [0.05, 0.1) is 12.7 Å². The average Bonchev–Trinajstić information content (AvgIpc) is 2.50. The first-order valence-corrected chi connectivity index (χ1v) is 5.94.